The zero-order valence-electron chi connectivity index (χ0n) is 34.6. The summed E-state index contributed by atoms with van der Waals surface area (Å²) in [7, 11) is 0. The van der Waals surface area contributed by atoms with E-state index in [0.717, 1.165) is 22.7 Å². The smallest absolute Gasteiger partial charge is 0.0714 e. The highest BCUT2D eigenvalue weighted by atomic mass is 15.1. The van der Waals surface area contributed by atoms with Gasteiger partial charge in [-0.2, -0.15) is 0 Å². The van der Waals surface area contributed by atoms with Crippen LogP contribution in [0.3, 0.4) is 0 Å². The molecule has 11 aromatic rings. The van der Waals surface area contributed by atoms with Gasteiger partial charge in [0.05, 0.1) is 16.4 Å². The quantitative estimate of drug-likeness (QED) is 0.149. The van der Waals surface area contributed by atoms with E-state index in [-0.39, 0.29) is 0 Å². The first-order chi connectivity index (χ1) is 31.3. The lowest BCUT2D eigenvalue weighted by atomic mass is 9.67. The van der Waals surface area contributed by atoms with Gasteiger partial charge in [-0.25, -0.2) is 0 Å². The van der Waals surface area contributed by atoms with E-state index >= 15 is 0 Å². The molecular formula is C61H42N2. The fraction of sp³-hybridized carbons (Fsp3) is 0.0164. The van der Waals surface area contributed by atoms with Crippen LogP contribution in [0, 0.1) is 0 Å². The van der Waals surface area contributed by atoms with Crippen LogP contribution in [-0.4, -0.2) is 4.57 Å². The monoisotopic (exact) mass is 802 g/mol. The maximum Gasteiger partial charge on any atom is 0.0714 e. The molecule has 1 aliphatic carbocycles. The zero-order chi connectivity index (χ0) is 41.7. The Bertz CT molecular complexity index is 3350. The number of para-hydroxylation sites is 3. The molecule has 0 radical (unpaired) electrons. The number of benzene rings is 10. The van der Waals surface area contributed by atoms with Crippen molar-refractivity contribution in [2.45, 2.75) is 5.41 Å². The molecule has 296 valence electrons. The van der Waals surface area contributed by atoms with Gasteiger partial charge in [0.1, 0.15) is 0 Å². The lowest BCUT2D eigenvalue weighted by Crippen LogP contribution is -2.28. The molecule has 63 heavy (non-hydrogen) atoms. The van der Waals surface area contributed by atoms with Gasteiger partial charge in [-0.05, 0) is 111 Å². The Morgan fingerprint density at radius 3 is 1.46 bits per heavy atom. The van der Waals surface area contributed by atoms with Crippen molar-refractivity contribution in [3.8, 4) is 39.1 Å². The molecule has 0 fully saturated rings. The van der Waals surface area contributed by atoms with Gasteiger partial charge >= 0.3 is 0 Å². The highest BCUT2D eigenvalue weighted by molar-refractivity contribution is 6.21. The molecule has 0 atom stereocenters. The zero-order valence-corrected chi connectivity index (χ0v) is 34.6. The van der Waals surface area contributed by atoms with Gasteiger partial charge < -0.3 is 9.47 Å². The van der Waals surface area contributed by atoms with E-state index in [4.69, 9.17) is 0 Å². The predicted octanol–water partition coefficient (Wildman–Crippen LogP) is 16.0. The third-order valence-electron chi connectivity index (χ3n) is 13.1. The van der Waals surface area contributed by atoms with Crippen LogP contribution in [0.4, 0.5) is 17.1 Å². The maximum atomic E-state index is 2.53. The van der Waals surface area contributed by atoms with Crippen LogP contribution >= 0.6 is 0 Å². The molecule has 1 aliphatic rings. The second-order valence-corrected chi connectivity index (χ2v) is 16.4. The summed E-state index contributed by atoms with van der Waals surface area (Å²) >= 11 is 0. The van der Waals surface area contributed by atoms with Crippen molar-refractivity contribution in [2.24, 2.45) is 0 Å². The van der Waals surface area contributed by atoms with Gasteiger partial charge in [0.15, 0.2) is 0 Å². The minimum Gasteiger partial charge on any atom is -0.311 e. The Labute approximate surface area is 368 Å². The van der Waals surface area contributed by atoms with E-state index in [9.17, 15) is 0 Å². The molecule has 0 saturated carbocycles. The molecule has 0 bridgehead atoms. The average Bonchev–Trinajstić information content (AvgIpc) is 3.87. The number of fused-ring (bicyclic) bond motifs is 7. The first kappa shape index (κ1) is 36.6. The van der Waals surface area contributed by atoms with Crippen LogP contribution in [0.5, 0.6) is 0 Å². The van der Waals surface area contributed by atoms with Crippen LogP contribution < -0.4 is 4.90 Å². The third kappa shape index (κ3) is 5.80. The number of rotatable bonds is 8. The molecule has 0 N–H and O–H groups in total. The SMILES string of the molecule is c1ccc(-c2ccc(N(c3ccccc3)c3ccc(-c4cc5c(c6c4c4ccccc4n6-c4ccccc4)-c4ccccc4C5(c4ccccc4)c4ccccc4)cc3)cc2)cc1. The second kappa shape index (κ2) is 15.1. The molecule has 2 nitrogen and oxygen atoms in total. The van der Waals surface area contributed by atoms with Crippen molar-refractivity contribution < 1.29 is 0 Å². The van der Waals surface area contributed by atoms with Crippen molar-refractivity contribution in [1.29, 1.82) is 0 Å². The van der Waals surface area contributed by atoms with Gasteiger partial charge in [0.25, 0.3) is 0 Å². The van der Waals surface area contributed by atoms with Gasteiger partial charge in [-0.1, -0.05) is 194 Å². The number of hydrogen-bond acceptors (Lipinski definition) is 1. The second-order valence-electron chi connectivity index (χ2n) is 16.4. The van der Waals surface area contributed by atoms with Gasteiger partial charge in [-0.3, -0.25) is 0 Å². The molecule has 0 amide bonds. The highest BCUT2D eigenvalue weighted by Gasteiger charge is 2.47. The Kier molecular flexibility index (Phi) is 8.76. The first-order valence-electron chi connectivity index (χ1n) is 21.8. The molecule has 1 heterocycles. The normalized spacial score (nSPS) is 12.6. The number of aromatic nitrogens is 1. The van der Waals surface area contributed by atoms with Crippen molar-refractivity contribution in [1.82, 2.24) is 4.57 Å². The topological polar surface area (TPSA) is 8.17 Å². The number of anilines is 3. The standard InChI is InChI=1S/C61H42N2/c1-6-20-43(21-7-1)44-34-38-50(39-35-44)62(48-26-12-4-13-27-48)51-40-36-45(37-41-51)54-42-56-59(60-58(54)53-31-17-19-33-57(53)63(60)49-28-14-5-15-29-49)52-30-16-18-32-55(52)61(56,46-22-8-2-9-23-46)47-24-10-3-11-25-47/h1-42H. The van der Waals surface area contributed by atoms with Crippen LogP contribution in [0.2, 0.25) is 0 Å². The molecule has 0 aliphatic heterocycles. The summed E-state index contributed by atoms with van der Waals surface area (Å²) in [6, 6.07) is 93.2. The van der Waals surface area contributed by atoms with Crippen molar-refractivity contribution in [3.05, 3.63) is 277 Å². The lowest BCUT2D eigenvalue weighted by Gasteiger charge is -2.34. The molecule has 0 saturated heterocycles. The summed E-state index contributed by atoms with van der Waals surface area (Å²) < 4.78 is 2.51. The summed E-state index contributed by atoms with van der Waals surface area (Å²) in [5, 5.41) is 2.49. The minimum atomic E-state index is -0.564. The summed E-state index contributed by atoms with van der Waals surface area (Å²) in [6.07, 6.45) is 0. The van der Waals surface area contributed by atoms with Crippen LogP contribution in [-0.2, 0) is 5.41 Å². The van der Waals surface area contributed by atoms with Crippen LogP contribution in [0.15, 0.2) is 255 Å². The fourth-order valence-corrected chi connectivity index (χ4v) is 10.4. The maximum absolute atomic E-state index is 2.53. The molecule has 1 aromatic heterocycles. The van der Waals surface area contributed by atoms with Crippen molar-refractivity contribution >= 4 is 38.9 Å². The molecule has 10 aromatic carbocycles. The van der Waals surface area contributed by atoms with Crippen molar-refractivity contribution in [3.63, 3.8) is 0 Å². The summed E-state index contributed by atoms with van der Waals surface area (Å²) in [6.45, 7) is 0. The van der Waals surface area contributed by atoms with Crippen molar-refractivity contribution in [2.75, 3.05) is 4.90 Å². The lowest BCUT2D eigenvalue weighted by molar-refractivity contribution is 0.769. The molecular weight excluding hydrogens is 761 g/mol. The first-order valence-corrected chi connectivity index (χ1v) is 21.8. The molecule has 0 unspecified atom stereocenters. The van der Waals surface area contributed by atoms with E-state index in [1.165, 1.54) is 77.4 Å². The van der Waals surface area contributed by atoms with E-state index in [1.54, 1.807) is 0 Å². The van der Waals surface area contributed by atoms with E-state index in [1.807, 2.05) is 0 Å². The number of nitrogens with zero attached hydrogens (tertiary/aromatic N) is 2. The molecule has 12 rings (SSSR count). The van der Waals surface area contributed by atoms with E-state index in [0.29, 0.717) is 0 Å². The van der Waals surface area contributed by atoms with E-state index < -0.39 is 5.41 Å². The fourth-order valence-electron chi connectivity index (χ4n) is 10.4. The largest absolute Gasteiger partial charge is 0.311 e. The summed E-state index contributed by atoms with van der Waals surface area (Å²) in [5.41, 5.74) is 18.7. The summed E-state index contributed by atoms with van der Waals surface area (Å²) in [5.74, 6) is 0. The summed E-state index contributed by atoms with van der Waals surface area (Å²) in [4.78, 5) is 2.35. The third-order valence-corrected chi connectivity index (χ3v) is 13.1. The van der Waals surface area contributed by atoms with Crippen LogP contribution in [0.1, 0.15) is 22.3 Å². The Hall–Kier alpha value is -8.20. The molecule has 2 heteroatoms. The minimum absolute atomic E-state index is 0.564. The Morgan fingerprint density at radius 2 is 0.825 bits per heavy atom. The predicted molar refractivity (Wildman–Crippen MR) is 264 cm³/mol. The average molecular weight is 803 g/mol. The Morgan fingerprint density at radius 1 is 0.349 bits per heavy atom. The highest BCUT2D eigenvalue weighted by Crippen LogP contribution is 2.60. The number of hydrogen-bond donors (Lipinski definition) is 0. The van der Waals surface area contributed by atoms with Crippen LogP contribution in [0.25, 0.3) is 60.9 Å². The Balaban J connectivity index is 1.14. The van der Waals surface area contributed by atoms with Gasteiger partial charge in [-0.15, -0.1) is 0 Å². The van der Waals surface area contributed by atoms with E-state index in [2.05, 4.69) is 264 Å². The van der Waals surface area contributed by atoms with Gasteiger partial charge in [0.2, 0.25) is 0 Å². The molecule has 0 spiro atoms. The van der Waals surface area contributed by atoms with Gasteiger partial charge in [0, 0.05) is 39.1 Å².